The number of sulfonamides is 1. The molecule has 0 unspecified atom stereocenters. The number of carbonyl (C=O) groups excluding carboxylic acids is 2. The number of hydrogen-bond donors (Lipinski definition) is 1. The Labute approximate surface area is 182 Å². The fraction of sp³-hybridized carbons (Fsp3) is 0.364. The number of amides is 2. The average molecular weight is 450 g/mol. The quantitative estimate of drug-likeness (QED) is 0.604. The summed E-state index contributed by atoms with van der Waals surface area (Å²) in [6.07, 6.45) is 1.30. The maximum Gasteiger partial charge on any atom is 0.244 e. The predicted molar refractivity (Wildman–Crippen MR) is 118 cm³/mol. The molecule has 7 nitrogen and oxygen atoms in total. The summed E-state index contributed by atoms with van der Waals surface area (Å²) >= 11 is 0. The van der Waals surface area contributed by atoms with Gasteiger partial charge in [-0.15, -0.1) is 0 Å². The van der Waals surface area contributed by atoms with E-state index in [1.54, 1.807) is 13.8 Å². The van der Waals surface area contributed by atoms with E-state index >= 15 is 0 Å². The molecule has 2 amide bonds. The molecule has 1 N–H and O–H groups in total. The molecule has 0 aliphatic heterocycles. The Hall–Kier alpha value is -2.94. The lowest BCUT2D eigenvalue weighted by atomic mass is 10.1. The standard InChI is InChI=1S/C22H28FN3O4S/c1-4-20(22(28)24-5-2)25(15-17-10-7-6-8-11-17)21(27)16-26(31(3,29)30)19-13-9-12-18(23)14-19/h6-14,20H,4-5,15-16H2,1-3H3,(H,24,28)/t20-/m1/s1. The molecule has 2 rings (SSSR count). The number of anilines is 1. The molecule has 31 heavy (non-hydrogen) atoms. The third kappa shape index (κ3) is 6.78. The van der Waals surface area contributed by atoms with E-state index in [2.05, 4.69) is 5.32 Å². The monoisotopic (exact) mass is 449 g/mol. The fourth-order valence-electron chi connectivity index (χ4n) is 3.24. The lowest BCUT2D eigenvalue weighted by Gasteiger charge is -2.32. The van der Waals surface area contributed by atoms with Gasteiger partial charge in [0.2, 0.25) is 21.8 Å². The first-order valence-corrected chi connectivity index (χ1v) is 11.9. The Bertz CT molecular complexity index is 999. The van der Waals surface area contributed by atoms with Crippen LogP contribution in [-0.4, -0.2) is 50.5 Å². The minimum Gasteiger partial charge on any atom is -0.355 e. The van der Waals surface area contributed by atoms with E-state index in [1.807, 2.05) is 30.3 Å². The number of benzene rings is 2. The minimum atomic E-state index is -3.88. The summed E-state index contributed by atoms with van der Waals surface area (Å²) in [6, 6.07) is 13.4. The second kappa shape index (κ2) is 10.9. The highest BCUT2D eigenvalue weighted by Gasteiger charge is 2.31. The summed E-state index contributed by atoms with van der Waals surface area (Å²) in [7, 11) is -3.88. The van der Waals surface area contributed by atoms with E-state index in [-0.39, 0.29) is 18.1 Å². The molecule has 168 valence electrons. The van der Waals surface area contributed by atoms with Gasteiger partial charge in [-0.25, -0.2) is 12.8 Å². The van der Waals surface area contributed by atoms with Crippen molar-refractivity contribution in [1.82, 2.24) is 10.2 Å². The van der Waals surface area contributed by atoms with Crippen LogP contribution in [0.5, 0.6) is 0 Å². The molecule has 0 heterocycles. The number of rotatable bonds is 10. The Morgan fingerprint density at radius 1 is 1.06 bits per heavy atom. The SMILES string of the molecule is CCNC(=O)[C@@H](CC)N(Cc1ccccc1)C(=O)CN(c1cccc(F)c1)S(C)(=O)=O. The van der Waals surface area contributed by atoms with Crippen molar-refractivity contribution in [2.75, 3.05) is 23.7 Å². The number of halogens is 1. The van der Waals surface area contributed by atoms with E-state index in [1.165, 1.54) is 23.1 Å². The van der Waals surface area contributed by atoms with Crippen LogP contribution in [0.15, 0.2) is 54.6 Å². The second-order valence-corrected chi connectivity index (χ2v) is 8.98. The van der Waals surface area contributed by atoms with E-state index in [9.17, 15) is 22.4 Å². The fourth-order valence-corrected chi connectivity index (χ4v) is 4.08. The predicted octanol–water partition coefficient (Wildman–Crippen LogP) is 2.54. The van der Waals surface area contributed by atoms with Gasteiger partial charge in [-0.1, -0.05) is 43.3 Å². The minimum absolute atomic E-state index is 0.0431. The number of hydrogen-bond acceptors (Lipinski definition) is 4. The highest BCUT2D eigenvalue weighted by molar-refractivity contribution is 7.92. The smallest absolute Gasteiger partial charge is 0.244 e. The third-order valence-corrected chi connectivity index (χ3v) is 5.85. The van der Waals surface area contributed by atoms with Gasteiger partial charge < -0.3 is 10.2 Å². The Balaban J connectivity index is 2.40. The summed E-state index contributed by atoms with van der Waals surface area (Å²) < 4.78 is 39.3. The van der Waals surface area contributed by atoms with Crippen LogP contribution in [0.3, 0.4) is 0 Å². The van der Waals surface area contributed by atoms with Gasteiger partial charge in [0.15, 0.2) is 0 Å². The number of nitrogens with one attached hydrogen (secondary N) is 1. The largest absolute Gasteiger partial charge is 0.355 e. The van der Waals surface area contributed by atoms with Crippen molar-refractivity contribution in [3.05, 3.63) is 66.0 Å². The van der Waals surface area contributed by atoms with Crippen molar-refractivity contribution >= 4 is 27.5 Å². The first kappa shape index (κ1) is 24.3. The van der Waals surface area contributed by atoms with E-state index in [0.717, 1.165) is 22.2 Å². The maximum atomic E-state index is 13.7. The molecule has 9 heteroatoms. The van der Waals surface area contributed by atoms with Crippen LogP contribution in [0.2, 0.25) is 0 Å². The van der Waals surface area contributed by atoms with Crippen LogP contribution in [0.1, 0.15) is 25.8 Å². The van der Waals surface area contributed by atoms with Gasteiger partial charge in [0.1, 0.15) is 18.4 Å². The number of likely N-dealkylation sites (N-methyl/N-ethyl adjacent to an activating group) is 1. The third-order valence-electron chi connectivity index (χ3n) is 4.71. The van der Waals surface area contributed by atoms with Gasteiger partial charge >= 0.3 is 0 Å². The van der Waals surface area contributed by atoms with Crippen molar-refractivity contribution in [3.8, 4) is 0 Å². The first-order valence-electron chi connectivity index (χ1n) is 10.0. The number of nitrogens with zero attached hydrogens (tertiary/aromatic N) is 2. The summed E-state index contributed by atoms with van der Waals surface area (Å²) in [5.41, 5.74) is 0.844. The highest BCUT2D eigenvalue weighted by Crippen LogP contribution is 2.20. The van der Waals surface area contributed by atoms with Crippen LogP contribution in [0.25, 0.3) is 0 Å². The molecule has 2 aromatic carbocycles. The Morgan fingerprint density at radius 2 is 1.74 bits per heavy atom. The second-order valence-electron chi connectivity index (χ2n) is 7.08. The van der Waals surface area contributed by atoms with Gasteiger partial charge in [-0.05, 0) is 37.1 Å². The number of carbonyl (C=O) groups is 2. The molecule has 2 aromatic rings. The van der Waals surface area contributed by atoms with E-state index < -0.39 is 34.3 Å². The molecule has 0 saturated heterocycles. The van der Waals surface area contributed by atoms with E-state index in [4.69, 9.17) is 0 Å². The van der Waals surface area contributed by atoms with Crippen molar-refractivity contribution in [2.24, 2.45) is 0 Å². The van der Waals surface area contributed by atoms with Gasteiger partial charge in [-0.2, -0.15) is 0 Å². The molecule has 0 spiro atoms. The molecule has 0 fully saturated rings. The van der Waals surface area contributed by atoms with Gasteiger partial charge in [0, 0.05) is 13.1 Å². The molecular formula is C22H28FN3O4S. The van der Waals surface area contributed by atoms with Crippen LogP contribution < -0.4 is 9.62 Å². The zero-order valence-electron chi connectivity index (χ0n) is 17.9. The highest BCUT2D eigenvalue weighted by atomic mass is 32.2. The molecule has 0 bridgehead atoms. The first-order chi connectivity index (χ1) is 14.7. The summed E-state index contributed by atoms with van der Waals surface area (Å²) in [5, 5.41) is 2.73. The van der Waals surface area contributed by atoms with Gasteiger partial charge in [-0.3, -0.25) is 13.9 Å². The molecule has 0 aliphatic carbocycles. The van der Waals surface area contributed by atoms with Gasteiger partial charge in [0.25, 0.3) is 0 Å². The molecular weight excluding hydrogens is 421 g/mol. The topological polar surface area (TPSA) is 86.8 Å². The zero-order chi connectivity index (χ0) is 23.0. The van der Waals surface area contributed by atoms with Crippen molar-refractivity contribution < 1.29 is 22.4 Å². The van der Waals surface area contributed by atoms with Crippen molar-refractivity contribution in [3.63, 3.8) is 0 Å². The van der Waals surface area contributed by atoms with Crippen molar-refractivity contribution in [1.29, 1.82) is 0 Å². The lowest BCUT2D eigenvalue weighted by Crippen LogP contribution is -2.52. The summed E-state index contributed by atoms with van der Waals surface area (Å²) in [5.74, 6) is -1.49. The molecule has 0 aliphatic rings. The van der Waals surface area contributed by atoms with E-state index in [0.29, 0.717) is 13.0 Å². The molecule has 1 atom stereocenters. The van der Waals surface area contributed by atoms with Crippen LogP contribution in [0, 0.1) is 5.82 Å². The summed E-state index contributed by atoms with van der Waals surface area (Å²) in [6.45, 7) is 3.55. The molecule has 0 aromatic heterocycles. The van der Waals surface area contributed by atoms with Gasteiger partial charge in [0.05, 0.1) is 11.9 Å². The molecule has 0 radical (unpaired) electrons. The van der Waals surface area contributed by atoms with Crippen LogP contribution in [-0.2, 0) is 26.2 Å². The normalized spacial score (nSPS) is 12.1. The van der Waals surface area contributed by atoms with Crippen LogP contribution >= 0.6 is 0 Å². The zero-order valence-corrected chi connectivity index (χ0v) is 18.7. The van der Waals surface area contributed by atoms with Crippen LogP contribution in [0.4, 0.5) is 10.1 Å². The Morgan fingerprint density at radius 3 is 2.29 bits per heavy atom. The van der Waals surface area contributed by atoms with Crippen molar-refractivity contribution in [2.45, 2.75) is 32.9 Å². The average Bonchev–Trinajstić information content (AvgIpc) is 2.71. The lowest BCUT2D eigenvalue weighted by molar-refractivity contribution is -0.140. The molecule has 0 saturated carbocycles. The maximum absolute atomic E-state index is 13.7. The Kier molecular flexibility index (Phi) is 8.56. The summed E-state index contributed by atoms with van der Waals surface area (Å²) in [4.78, 5) is 27.3.